The zero-order valence-corrected chi connectivity index (χ0v) is 17.2. The number of aromatic nitrogens is 3. The molecule has 0 fully saturated rings. The molecule has 0 saturated heterocycles. The van der Waals surface area contributed by atoms with Crippen molar-refractivity contribution in [2.75, 3.05) is 12.4 Å². The average molecular weight is 392 g/mol. The van der Waals surface area contributed by atoms with Gasteiger partial charge in [-0.3, -0.25) is 4.79 Å². The highest BCUT2D eigenvalue weighted by molar-refractivity contribution is 5.94. The van der Waals surface area contributed by atoms with Crippen LogP contribution in [0, 0.1) is 20.8 Å². The lowest BCUT2D eigenvalue weighted by Gasteiger charge is -2.17. The Morgan fingerprint density at radius 3 is 2.28 bits per heavy atom. The molecule has 0 spiro atoms. The molecule has 29 heavy (non-hydrogen) atoms. The molecule has 1 amide bonds. The van der Waals surface area contributed by atoms with Crippen molar-refractivity contribution in [3.05, 3.63) is 69.8 Å². The van der Waals surface area contributed by atoms with E-state index in [0.29, 0.717) is 11.4 Å². The average Bonchev–Trinajstić information content (AvgIpc) is 2.70. The van der Waals surface area contributed by atoms with Crippen LogP contribution in [0.15, 0.2) is 47.4 Å². The Bertz CT molecular complexity index is 1080. The van der Waals surface area contributed by atoms with E-state index in [1.54, 1.807) is 38.3 Å². The normalized spacial score (nSPS) is 11.8. The summed E-state index contributed by atoms with van der Waals surface area (Å²) in [5.41, 5.74) is 4.41. The lowest BCUT2D eigenvalue weighted by Crippen LogP contribution is -2.35. The maximum atomic E-state index is 12.7. The highest BCUT2D eigenvalue weighted by Gasteiger charge is 2.20. The number of ether oxygens (including phenoxy) is 1. The van der Waals surface area contributed by atoms with Gasteiger partial charge in [0.15, 0.2) is 0 Å². The van der Waals surface area contributed by atoms with Crippen molar-refractivity contribution in [2.24, 2.45) is 0 Å². The monoisotopic (exact) mass is 392 g/mol. The van der Waals surface area contributed by atoms with E-state index in [2.05, 4.69) is 15.4 Å². The Labute approximate surface area is 169 Å². The van der Waals surface area contributed by atoms with Gasteiger partial charge in [-0.15, -0.1) is 0 Å². The molecule has 150 valence electrons. The highest BCUT2D eigenvalue weighted by atomic mass is 16.5. The fourth-order valence-electron chi connectivity index (χ4n) is 3.23. The number of hydrogen-bond acceptors (Lipinski definition) is 5. The van der Waals surface area contributed by atoms with Crippen LogP contribution in [-0.4, -0.2) is 27.8 Å². The number of methoxy groups -OCH3 is 1. The summed E-state index contributed by atoms with van der Waals surface area (Å²) in [4.78, 5) is 29.3. The molecule has 3 rings (SSSR count). The van der Waals surface area contributed by atoms with Crippen molar-refractivity contribution < 1.29 is 9.53 Å². The zero-order valence-electron chi connectivity index (χ0n) is 17.2. The predicted molar refractivity (Wildman–Crippen MR) is 112 cm³/mol. The Balaban J connectivity index is 1.83. The van der Waals surface area contributed by atoms with Gasteiger partial charge < -0.3 is 10.1 Å². The first-order chi connectivity index (χ1) is 13.8. The van der Waals surface area contributed by atoms with Crippen molar-refractivity contribution in [1.82, 2.24) is 14.8 Å². The minimum Gasteiger partial charge on any atom is -0.497 e. The summed E-state index contributed by atoms with van der Waals surface area (Å²) >= 11 is 0. The molecule has 0 bridgehead atoms. The quantitative estimate of drug-likeness (QED) is 0.719. The molecule has 1 N–H and O–H groups in total. The third kappa shape index (κ3) is 4.34. The number of rotatable bonds is 5. The highest BCUT2D eigenvalue weighted by Crippen LogP contribution is 2.23. The molecule has 0 radical (unpaired) electrons. The summed E-state index contributed by atoms with van der Waals surface area (Å²) in [6, 6.07) is 10.4. The van der Waals surface area contributed by atoms with Crippen LogP contribution in [-0.2, 0) is 4.79 Å². The van der Waals surface area contributed by atoms with Gasteiger partial charge in [0.25, 0.3) is 0 Å². The largest absolute Gasteiger partial charge is 0.497 e. The van der Waals surface area contributed by atoms with Gasteiger partial charge in [-0.2, -0.15) is 10.1 Å². The van der Waals surface area contributed by atoms with Crippen molar-refractivity contribution in [3.63, 3.8) is 0 Å². The summed E-state index contributed by atoms with van der Waals surface area (Å²) in [6.45, 7) is 7.51. The maximum absolute atomic E-state index is 12.7. The van der Waals surface area contributed by atoms with Crippen LogP contribution in [0.5, 0.6) is 5.75 Å². The van der Waals surface area contributed by atoms with E-state index >= 15 is 0 Å². The van der Waals surface area contributed by atoms with Gasteiger partial charge in [-0.1, -0.05) is 17.7 Å². The van der Waals surface area contributed by atoms with Crippen LogP contribution in [0.25, 0.3) is 11.3 Å². The topological polar surface area (TPSA) is 86.1 Å². The van der Waals surface area contributed by atoms with Gasteiger partial charge in [-0.05, 0) is 63.1 Å². The van der Waals surface area contributed by atoms with E-state index in [0.717, 1.165) is 32.6 Å². The maximum Gasteiger partial charge on any atom is 0.365 e. The van der Waals surface area contributed by atoms with E-state index in [9.17, 15) is 9.59 Å². The number of aryl methyl sites for hydroxylation is 3. The molecule has 7 heteroatoms. The molecular formula is C22H24N4O3. The Morgan fingerprint density at radius 1 is 1.10 bits per heavy atom. The number of amides is 1. The minimum absolute atomic E-state index is 0.325. The predicted octanol–water partition coefficient (Wildman–Crippen LogP) is 3.44. The molecule has 0 aliphatic rings. The fourth-order valence-corrected chi connectivity index (χ4v) is 3.23. The molecule has 1 atom stereocenters. The van der Waals surface area contributed by atoms with E-state index < -0.39 is 11.7 Å². The third-order valence-corrected chi connectivity index (χ3v) is 4.77. The van der Waals surface area contributed by atoms with E-state index in [1.807, 2.05) is 32.9 Å². The molecule has 0 aliphatic heterocycles. The number of nitrogens with zero attached hydrogens (tertiary/aromatic N) is 3. The van der Waals surface area contributed by atoms with Gasteiger partial charge in [0.05, 0.1) is 19.0 Å². The van der Waals surface area contributed by atoms with Gasteiger partial charge in [0.2, 0.25) is 5.91 Å². The third-order valence-electron chi connectivity index (χ3n) is 4.77. The Hall–Kier alpha value is -3.48. The first-order valence-electron chi connectivity index (χ1n) is 9.29. The van der Waals surface area contributed by atoms with E-state index in [-0.39, 0.29) is 5.91 Å². The van der Waals surface area contributed by atoms with Gasteiger partial charge >= 0.3 is 5.69 Å². The van der Waals surface area contributed by atoms with Crippen LogP contribution in [0.2, 0.25) is 0 Å². The number of hydrogen-bond donors (Lipinski definition) is 1. The Morgan fingerprint density at radius 2 is 1.72 bits per heavy atom. The van der Waals surface area contributed by atoms with Gasteiger partial charge in [-0.25, -0.2) is 9.48 Å². The fraction of sp³-hybridized carbons (Fsp3) is 0.273. The second-order valence-corrected chi connectivity index (χ2v) is 7.04. The lowest BCUT2D eigenvalue weighted by atomic mass is 10.0. The second-order valence-electron chi connectivity index (χ2n) is 7.04. The number of anilines is 1. The summed E-state index contributed by atoms with van der Waals surface area (Å²) < 4.78 is 6.22. The van der Waals surface area contributed by atoms with Crippen molar-refractivity contribution in [3.8, 4) is 17.0 Å². The van der Waals surface area contributed by atoms with Crippen LogP contribution in [0.4, 0.5) is 5.69 Å². The van der Waals surface area contributed by atoms with Crippen LogP contribution < -0.4 is 15.7 Å². The molecule has 0 aliphatic carbocycles. The van der Waals surface area contributed by atoms with Gasteiger partial charge in [0.1, 0.15) is 11.8 Å². The molecule has 0 saturated carbocycles. The van der Waals surface area contributed by atoms with Crippen LogP contribution in [0.3, 0.4) is 0 Å². The van der Waals surface area contributed by atoms with Crippen molar-refractivity contribution in [1.29, 1.82) is 0 Å². The molecule has 1 aromatic heterocycles. The summed E-state index contributed by atoms with van der Waals surface area (Å²) in [7, 11) is 1.59. The molecular weight excluding hydrogens is 368 g/mol. The zero-order chi connectivity index (χ0) is 21.1. The van der Waals surface area contributed by atoms with E-state index in [1.165, 1.54) is 6.20 Å². The number of benzene rings is 2. The SMILES string of the molecule is COc1ccc(-c2cnn([C@@H](C)C(=O)Nc3c(C)cc(C)cc3C)c(=O)n2)cc1. The molecule has 3 aromatic rings. The first kappa shape index (κ1) is 20.3. The molecule has 2 aromatic carbocycles. The standard InChI is InChI=1S/C22H24N4O3/c1-13-10-14(2)20(15(3)11-13)25-21(27)16(4)26-22(28)24-19(12-23-26)17-6-8-18(29-5)9-7-17/h6-12,16H,1-5H3,(H,25,27)/t16-/m0/s1. The molecule has 7 nitrogen and oxygen atoms in total. The number of carbonyl (C=O) groups excluding carboxylic acids is 1. The minimum atomic E-state index is -0.806. The molecule has 1 heterocycles. The van der Waals surface area contributed by atoms with E-state index in [4.69, 9.17) is 4.74 Å². The Kier molecular flexibility index (Phi) is 5.77. The van der Waals surface area contributed by atoms with Crippen LogP contribution >= 0.6 is 0 Å². The van der Waals surface area contributed by atoms with Crippen molar-refractivity contribution >= 4 is 11.6 Å². The number of carbonyl (C=O) groups is 1. The van der Waals surface area contributed by atoms with Gasteiger partial charge in [0, 0.05) is 11.3 Å². The van der Waals surface area contributed by atoms with Crippen LogP contribution in [0.1, 0.15) is 29.7 Å². The number of nitrogens with one attached hydrogen (secondary N) is 1. The van der Waals surface area contributed by atoms with Crippen molar-refractivity contribution in [2.45, 2.75) is 33.7 Å². The summed E-state index contributed by atoms with van der Waals surface area (Å²) in [5.74, 6) is 0.385. The summed E-state index contributed by atoms with van der Waals surface area (Å²) in [6.07, 6.45) is 1.48. The first-order valence-corrected chi connectivity index (χ1v) is 9.29. The molecule has 0 unspecified atom stereocenters. The second kappa shape index (κ2) is 8.26. The lowest BCUT2D eigenvalue weighted by molar-refractivity contribution is -0.119. The summed E-state index contributed by atoms with van der Waals surface area (Å²) in [5, 5.41) is 7.08. The smallest absolute Gasteiger partial charge is 0.365 e.